The van der Waals surface area contributed by atoms with Crippen molar-refractivity contribution in [1.82, 2.24) is 0 Å². The van der Waals surface area contributed by atoms with Crippen molar-refractivity contribution in [1.29, 1.82) is 0 Å². The Morgan fingerprint density at radius 3 is 0.602 bits per heavy atom. The molecule has 8 saturated heterocycles. The maximum atomic E-state index is 8.77. The number of ether oxygens (including phenoxy) is 8. The number of aliphatic hydroxyl groups excluding tert-OH is 12. The van der Waals surface area contributed by atoms with Gasteiger partial charge in [0.05, 0.1) is 102 Å². The van der Waals surface area contributed by atoms with E-state index in [4.69, 9.17) is 80.2 Å². The minimum atomic E-state index is -0.954. The summed E-state index contributed by atoms with van der Waals surface area (Å²) in [5, 5.41) is 97.4. The van der Waals surface area contributed by atoms with Gasteiger partial charge in [0.1, 0.15) is 24.4 Å². The van der Waals surface area contributed by atoms with Crippen LogP contribution in [0.5, 0.6) is 0 Å². The first-order valence-electron chi connectivity index (χ1n) is 25.6. The Morgan fingerprint density at radius 1 is 0.307 bits per heavy atom. The van der Waals surface area contributed by atoms with Crippen molar-refractivity contribution in [2.75, 3.05) is 79.3 Å². The summed E-state index contributed by atoms with van der Waals surface area (Å²) in [7, 11) is 0. The summed E-state index contributed by atoms with van der Waals surface area (Å²) in [5.74, 6) is 2.43. The second-order valence-electron chi connectivity index (χ2n) is 19.5. The molecule has 4 aliphatic carbocycles. The van der Waals surface area contributed by atoms with Gasteiger partial charge in [0.25, 0.3) is 0 Å². The summed E-state index contributed by atoms with van der Waals surface area (Å²) in [6.45, 7) is 30.3. The largest absolute Gasteiger partial charge is 0.456 e. The number of hydrogen-bond acceptors (Lipinski definition) is 20. The molecule has 512 valence electrons. The molecule has 0 spiro atoms. The van der Waals surface area contributed by atoms with Crippen LogP contribution in [-0.4, -0.2) is 238 Å². The summed E-state index contributed by atoms with van der Waals surface area (Å²) >= 11 is 0. The zero-order valence-electron chi connectivity index (χ0n) is 48.5. The number of aliphatic hydroxyl groups is 12. The maximum absolute atomic E-state index is 8.77. The Morgan fingerprint density at radius 2 is 0.500 bits per heavy atom. The molecule has 4 saturated carbocycles. The molecule has 16 unspecified atom stereocenters. The molecule has 0 aromatic rings. The number of hydrogen-bond donors (Lipinski definition) is 12. The zero-order valence-corrected chi connectivity index (χ0v) is 99.7. The fraction of sp³-hybridized carbons (Fsp3) is 0.867. The van der Waals surface area contributed by atoms with Gasteiger partial charge < -0.3 is 155 Å². The van der Waals surface area contributed by atoms with Gasteiger partial charge in [0.15, 0.2) is 0 Å². The third-order valence-electron chi connectivity index (χ3n) is 11.8. The smallest absolute Gasteiger partial charge is 0.104 e. The standard InChI is InChI=1S/2C7H12O2.2C7H11O.2C3H8O3.2C3H6O2.2C3H5O.2C3H6O.8CH4.8Rf/c2*8-4-5-1-2-6-7(3-5)9-6;2*1-5-2-3-6-7(4-5)8-6;2*4-1-3(6)2-5;2*4-1-3-2-5-3;2*1-3-2-4-3;2*1-3(2)4;;;;;;;;;;;;;;;;/h2*5-8H,1-4H2;2*5-7H,1-4H2;2*3-6H,1-2H2;2*3-4H,1-2H2;2*3H,1-2H2;2*3-4H,1-2H2;8*1H4;;;;;;;;/q;;2*-1;;;;;2*-1;2*-2;;;;;;;;;;;;;;;;. The number of fused-ring (bicyclic) bond motifs is 4. The fourth-order valence-electron chi connectivity index (χ4n) is 6.88. The van der Waals surface area contributed by atoms with Crippen molar-refractivity contribution >= 4 is 0 Å². The third-order valence-corrected chi connectivity index (χ3v) is 11.8. The first kappa shape index (κ1) is 121. The summed E-state index contributed by atoms with van der Waals surface area (Å²) in [4.78, 5) is 0. The van der Waals surface area contributed by atoms with E-state index in [1.54, 1.807) is 0 Å². The van der Waals surface area contributed by atoms with Crippen LogP contribution in [0.3, 0.4) is 0 Å². The van der Waals surface area contributed by atoms with Crippen LogP contribution in [-0.2, 0) is 37.9 Å². The Balaban J connectivity index is -0.0000000456. The molecular weight excluding hydrogens is 3180 g/mol. The van der Waals surface area contributed by atoms with Gasteiger partial charge in [-0.2, -0.15) is 11.8 Å². The van der Waals surface area contributed by atoms with Gasteiger partial charge in [-0.25, -0.2) is 12.2 Å². The van der Waals surface area contributed by atoms with Crippen molar-refractivity contribution in [2.45, 2.75) is 234 Å². The van der Waals surface area contributed by atoms with Crippen LogP contribution in [0.1, 0.15) is 136 Å². The molecule has 28 heteroatoms. The molecular formula is C60H128O20Rf8-8. The Bertz CT molecular complexity index is 1180. The van der Waals surface area contributed by atoms with Gasteiger partial charge in [0, 0.05) is 26.4 Å². The van der Waals surface area contributed by atoms with Crippen LogP contribution < -0.4 is 0 Å². The molecule has 8 aliphatic heterocycles. The van der Waals surface area contributed by atoms with Crippen molar-refractivity contribution < 1.29 is 99.2 Å². The van der Waals surface area contributed by atoms with E-state index in [0.29, 0.717) is 97.9 Å². The summed E-state index contributed by atoms with van der Waals surface area (Å²) in [5.41, 5.74) is 0. The Kier molecular flexibility index (Phi) is 92.8. The summed E-state index contributed by atoms with van der Waals surface area (Å²) in [6.07, 6.45) is 16.9. The Hall–Kier alpha value is -8.80. The van der Waals surface area contributed by atoms with E-state index in [0.717, 1.165) is 52.1 Å². The molecule has 12 rings (SSSR count). The van der Waals surface area contributed by atoms with Gasteiger partial charge in [0.2, 0.25) is 0 Å². The second kappa shape index (κ2) is 67.3. The molecule has 12 fully saturated rings. The SMILES string of the molecule is C.C.C.C.C.C.C.C.OCC(O)CO.OCC(O)CO.OCC1CCC2OC2C1.OCC1CCC2OC2C1.OCC1CO1.OCC1CO1.[CH2-]C([CH2-])O.[CH2-]C([CH2-])O.[CH2-]C1CCC2OC2C1.[CH2-]C1CCC2OC2C1.[CH2-]C1CO1.[CH2-]C1CO1.[Rf].[Rf].[Rf].[Rf].[Rf].[Rf].[Rf].[Rf]. The average molecular weight is 3310 g/mol. The first-order chi connectivity index (χ1) is 34.2. The van der Waals surface area contributed by atoms with Gasteiger partial charge in [-0.15, -0.1) is 0 Å². The number of epoxide rings is 8. The number of rotatable bonds is 8. The van der Waals surface area contributed by atoms with Crippen molar-refractivity contribution in [2.24, 2.45) is 23.7 Å². The van der Waals surface area contributed by atoms with Crippen LogP contribution in [0.25, 0.3) is 0 Å². The molecule has 0 bridgehead atoms. The second-order valence-corrected chi connectivity index (χ2v) is 19.5. The van der Waals surface area contributed by atoms with E-state index in [2.05, 4.69) is 74.3 Å². The van der Waals surface area contributed by atoms with E-state index in [1.807, 2.05) is 0 Å². The molecule has 12 N–H and O–H groups in total. The fourth-order valence-corrected chi connectivity index (χ4v) is 6.88. The topological polar surface area (TPSA) is 343 Å². The first-order valence-corrected chi connectivity index (χ1v) is 25.6. The molecule has 0 radical (unpaired) electrons. The van der Waals surface area contributed by atoms with Crippen LogP contribution in [0, 0.1) is 79.1 Å². The van der Waals surface area contributed by atoms with Crippen molar-refractivity contribution in [3.63, 3.8) is 0 Å². The summed E-state index contributed by atoms with van der Waals surface area (Å²) in [6, 6.07) is 0. The van der Waals surface area contributed by atoms with E-state index in [1.165, 1.54) is 51.4 Å². The molecule has 8 heterocycles. The normalized spacial score (nSPS) is 29.2. The van der Waals surface area contributed by atoms with Gasteiger partial charge in [-0.1, -0.05) is 72.3 Å². The minimum absolute atomic E-state index is 0. The van der Waals surface area contributed by atoms with Gasteiger partial charge in [-0.05, 0) is 88.3 Å². The van der Waals surface area contributed by atoms with Crippen LogP contribution in [0.15, 0.2) is 0 Å². The molecule has 0 aromatic carbocycles. The molecule has 0 aromatic heterocycles. The predicted octanol–water partition coefficient (Wildman–Crippen LogP) is 4.85. The molecule has 16 atom stereocenters. The molecule has 20 nitrogen and oxygen atoms in total. The van der Waals surface area contributed by atoms with Crippen molar-refractivity contribution in [3.05, 3.63) is 55.4 Å². The van der Waals surface area contributed by atoms with Gasteiger partial charge >= 0.3 is 0 Å². The van der Waals surface area contributed by atoms with E-state index in [9.17, 15) is 0 Å². The monoisotopic (exact) mass is 3310 g/mol. The quantitative estimate of drug-likeness (QED) is 0.114. The van der Waals surface area contributed by atoms with Crippen LogP contribution in [0.2, 0.25) is 0 Å². The maximum Gasteiger partial charge on any atom is 0.104 e. The average Bonchev–Trinajstić information content (AvgIpc) is 4.17. The zero-order chi connectivity index (χ0) is 54.2. The minimum Gasteiger partial charge on any atom is -0.456 e. The van der Waals surface area contributed by atoms with Crippen LogP contribution >= 0.6 is 0 Å². The van der Waals surface area contributed by atoms with E-state index < -0.39 is 24.4 Å². The molecule has 88 heavy (non-hydrogen) atoms. The van der Waals surface area contributed by atoms with Crippen molar-refractivity contribution in [3.8, 4) is 0 Å². The van der Waals surface area contributed by atoms with Crippen LogP contribution in [0.4, 0.5) is 0 Å². The van der Waals surface area contributed by atoms with Gasteiger partial charge in [-0.3, -0.25) is 0 Å². The predicted molar refractivity (Wildman–Crippen MR) is 320 cm³/mol. The molecule has 12 aliphatic rings. The third kappa shape index (κ3) is 71.5. The Labute approximate surface area is 490 Å². The van der Waals surface area contributed by atoms with E-state index >= 15 is 0 Å². The van der Waals surface area contributed by atoms with E-state index in [-0.39, 0.29) is 111 Å². The molecule has 0 amide bonds. The summed E-state index contributed by atoms with van der Waals surface area (Å²) < 4.78 is 39.6.